The number of rotatable bonds is 4. The van der Waals surface area contributed by atoms with Gasteiger partial charge in [0.2, 0.25) is 0 Å². The monoisotopic (exact) mass is 221 g/mol. The molecule has 0 spiro atoms. The molecule has 0 unspecified atom stereocenters. The van der Waals surface area contributed by atoms with Gasteiger partial charge in [0.25, 0.3) is 10.2 Å². The largest absolute Gasteiger partial charge is 0.317 e. The van der Waals surface area contributed by atoms with Crippen LogP contribution in [0.3, 0.4) is 0 Å². The number of nitrogens with one attached hydrogen (secondary N) is 2. The Bertz CT molecular complexity index is 260. The predicted molar refractivity (Wildman–Crippen MR) is 56.3 cm³/mol. The third-order valence-corrected chi connectivity index (χ3v) is 4.24. The smallest absolute Gasteiger partial charge is 0.279 e. The number of piperidine rings is 1. The lowest BCUT2D eigenvalue weighted by molar-refractivity contribution is 0.293. The molecule has 2 N–H and O–H groups in total. The van der Waals surface area contributed by atoms with Gasteiger partial charge in [-0.25, -0.2) is 4.72 Å². The Morgan fingerprint density at radius 3 is 2.50 bits per heavy atom. The number of hydrogen-bond donors (Lipinski definition) is 2. The third-order valence-electron chi connectivity index (χ3n) is 2.53. The van der Waals surface area contributed by atoms with Gasteiger partial charge in [0, 0.05) is 19.6 Å². The first-order chi connectivity index (χ1) is 6.58. The van der Waals surface area contributed by atoms with E-state index in [0.717, 1.165) is 25.9 Å². The van der Waals surface area contributed by atoms with Crippen molar-refractivity contribution >= 4 is 10.2 Å². The average Bonchev–Trinajstić information content (AvgIpc) is 2.18. The number of hydrogen-bond acceptors (Lipinski definition) is 3. The van der Waals surface area contributed by atoms with Crippen molar-refractivity contribution < 1.29 is 8.42 Å². The molecule has 1 aliphatic rings. The summed E-state index contributed by atoms with van der Waals surface area (Å²) in [4.78, 5) is 0. The van der Waals surface area contributed by atoms with Gasteiger partial charge in [0.1, 0.15) is 0 Å². The lowest BCUT2D eigenvalue weighted by Gasteiger charge is -2.30. The predicted octanol–water partition coefficient (Wildman–Crippen LogP) is -0.475. The Labute approximate surface area is 86.0 Å². The van der Waals surface area contributed by atoms with Gasteiger partial charge < -0.3 is 5.32 Å². The van der Waals surface area contributed by atoms with Crippen molar-refractivity contribution in [3.05, 3.63) is 0 Å². The van der Waals surface area contributed by atoms with Crippen molar-refractivity contribution in [1.29, 1.82) is 0 Å². The van der Waals surface area contributed by atoms with E-state index in [4.69, 9.17) is 0 Å². The average molecular weight is 221 g/mol. The van der Waals surface area contributed by atoms with Gasteiger partial charge in [0.15, 0.2) is 0 Å². The third kappa shape index (κ3) is 2.91. The van der Waals surface area contributed by atoms with Crippen molar-refractivity contribution in [3.63, 3.8) is 0 Å². The molecule has 0 aromatic carbocycles. The highest BCUT2D eigenvalue weighted by Crippen LogP contribution is 2.12. The first-order valence-electron chi connectivity index (χ1n) is 5.01. The van der Waals surface area contributed by atoms with Crippen molar-refractivity contribution in [2.24, 2.45) is 0 Å². The van der Waals surface area contributed by atoms with Gasteiger partial charge >= 0.3 is 0 Å². The molecule has 6 heteroatoms. The van der Waals surface area contributed by atoms with Crippen LogP contribution in [-0.2, 0) is 10.2 Å². The van der Waals surface area contributed by atoms with Gasteiger partial charge in [-0.3, -0.25) is 0 Å². The van der Waals surface area contributed by atoms with E-state index in [1.807, 2.05) is 0 Å². The van der Waals surface area contributed by atoms with Crippen LogP contribution < -0.4 is 10.0 Å². The van der Waals surface area contributed by atoms with Crippen LogP contribution >= 0.6 is 0 Å². The van der Waals surface area contributed by atoms with E-state index in [0.29, 0.717) is 6.54 Å². The standard InChI is InChI=1S/C8H19N3O2S/c1-3-10-14(12,13)11(2)8-4-6-9-7-5-8/h8-10H,3-7H2,1-2H3. The summed E-state index contributed by atoms with van der Waals surface area (Å²) in [6.45, 7) is 4.03. The Morgan fingerprint density at radius 1 is 1.43 bits per heavy atom. The molecule has 1 rings (SSSR count). The lowest BCUT2D eigenvalue weighted by atomic mass is 10.1. The molecule has 0 aromatic heterocycles. The first kappa shape index (κ1) is 11.9. The van der Waals surface area contributed by atoms with Gasteiger partial charge in [-0.2, -0.15) is 12.7 Å². The quantitative estimate of drug-likeness (QED) is 0.674. The van der Waals surface area contributed by atoms with Crippen LogP contribution in [0, 0.1) is 0 Å². The highest BCUT2D eigenvalue weighted by Gasteiger charge is 2.26. The van der Waals surface area contributed by atoms with E-state index in [2.05, 4.69) is 10.0 Å². The van der Waals surface area contributed by atoms with E-state index < -0.39 is 10.2 Å². The fourth-order valence-corrected chi connectivity index (χ4v) is 2.82. The molecule has 1 heterocycles. The fourth-order valence-electron chi connectivity index (χ4n) is 1.65. The summed E-state index contributed by atoms with van der Waals surface area (Å²) >= 11 is 0. The van der Waals surface area contributed by atoms with Gasteiger partial charge in [0.05, 0.1) is 0 Å². The van der Waals surface area contributed by atoms with Gasteiger partial charge in [-0.05, 0) is 25.9 Å². The minimum absolute atomic E-state index is 0.139. The van der Waals surface area contributed by atoms with Crippen molar-refractivity contribution in [1.82, 2.24) is 14.3 Å². The molecule has 0 aromatic rings. The van der Waals surface area contributed by atoms with Crippen molar-refractivity contribution in [2.75, 3.05) is 26.7 Å². The van der Waals surface area contributed by atoms with E-state index >= 15 is 0 Å². The van der Waals surface area contributed by atoms with Crippen LogP contribution in [0.4, 0.5) is 0 Å². The molecule has 0 aliphatic carbocycles. The van der Waals surface area contributed by atoms with E-state index in [1.54, 1.807) is 14.0 Å². The summed E-state index contributed by atoms with van der Waals surface area (Å²) in [5.74, 6) is 0. The molecule has 0 bridgehead atoms. The van der Waals surface area contributed by atoms with Crippen molar-refractivity contribution in [3.8, 4) is 0 Å². The van der Waals surface area contributed by atoms with Crippen LogP contribution in [-0.4, -0.2) is 45.4 Å². The molecule has 14 heavy (non-hydrogen) atoms. The van der Waals surface area contributed by atoms with Gasteiger partial charge in [-0.1, -0.05) is 6.92 Å². The molecular formula is C8H19N3O2S. The molecule has 1 saturated heterocycles. The SMILES string of the molecule is CCNS(=O)(=O)N(C)C1CCNCC1. The summed E-state index contributed by atoms with van der Waals surface area (Å²) < 4.78 is 27.2. The minimum Gasteiger partial charge on any atom is -0.317 e. The van der Waals surface area contributed by atoms with E-state index in [-0.39, 0.29) is 6.04 Å². The second-order valence-corrected chi connectivity index (χ2v) is 5.32. The summed E-state index contributed by atoms with van der Waals surface area (Å²) in [5.41, 5.74) is 0. The van der Waals surface area contributed by atoms with Crippen LogP contribution in [0.1, 0.15) is 19.8 Å². The van der Waals surface area contributed by atoms with E-state index in [1.165, 1.54) is 4.31 Å². The maximum absolute atomic E-state index is 11.6. The second kappa shape index (κ2) is 5.06. The zero-order valence-corrected chi connectivity index (χ0v) is 9.60. The molecule has 1 fully saturated rings. The highest BCUT2D eigenvalue weighted by atomic mass is 32.2. The topological polar surface area (TPSA) is 61.4 Å². The van der Waals surface area contributed by atoms with Crippen LogP contribution in [0.15, 0.2) is 0 Å². The molecule has 0 atom stereocenters. The Balaban J connectivity index is 2.58. The molecule has 1 aliphatic heterocycles. The molecule has 84 valence electrons. The summed E-state index contributed by atoms with van der Waals surface area (Å²) in [7, 11) is -1.61. The zero-order valence-electron chi connectivity index (χ0n) is 8.78. The Kier molecular flexibility index (Phi) is 4.31. The minimum atomic E-state index is -3.25. The number of nitrogens with zero attached hydrogens (tertiary/aromatic N) is 1. The zero-order chi connectivity index (χ0) is 10.6. The van der Waals surface area contributed by atoms with Crippen LogP contribution in [0.25, 0.3) is 0 Å². The summed E-state index contributed by atoms with van der Waals surface area (Å²) in [6.07, 6.45) is 1.78. The van der Waals surface area contributed by atoms with Crippen LogP contribution in [0.5, 0.6) is 0 Å². The molecule has 0 amide bonds. The van der Waals surface area contributed by atoms with Crippen molar-refractivity contribution in [2.45, 2.75) is 25.8 Å². The second-order valence-electron chi connectivity index (χ2n) is 3.50. The lowest BCUT2D eigenvalue weighted by Crippen LogP contribution is -2.48. The summed E-state index contributed by atoms with van der Waals surface area (Å²) in [5, 5.41) is 3.21. The maximum atomic E-state index is 11.6. The summed E-state index contributed by atoms with van der Waals surface area (Å²) in [6, 6.07) is 0.139. The molecule has 5 nitrogen and oxygen atoms in total. The fraction of sp³-hybridized carbons (Fsp3) is 1.00. The Morgan fingerprint density at radius 2 is 2.00 bits per heavy atom. The Hall–Kier alpha value is -0.170. The molecule has 0 radical (unpaired) electrons. The van der Waals surface area contributed by atoms with Gasteiger partial charge in [-0.15, -0.1) is 0 Å². The maximum Gasteiger partial charge on any atom is 0.279 e. The normalized spacial score (nSPS) is 20.2. The molecule has 0 saturated carbocycles. The molecular weight excluding hydrogens is 202 g/mol. The van der Waals surface area contributed by atoms with E-state index in [9.17, 15) is 8.42 Å². The van der Waals surface area contributed by atoms with Crippen LogP contribution in [0.2, 0.25) is 0 Å². The first-order valence-corrected chi connectivity index (χ1v) is 6.45. The highest BCUT2D eigenvalue weighted by molar-refractivity contribution is 7.87.